The average molecular weight is 409 g/mol. The SMILES string of the molecule is Cc1ccc(C(NC(=O)C2CCCN(C(=O)Cc3ccc(F)cc3)C2)C2CC2)cc1. The van der Waals surface area contributed by atoms with Crippen LogP contribution in [-0.2, 0) is 16.0 Å². The zero-order chi connectivity index (χ0) is 21.1. The highest BCUT2D eigenvalue weighted by molar-refractivity contribution is 5.82. The van der Waals surface area contributed by atoms with Gasteiger partial charge in [-0.1, -0.05) is 42.0 Å². The minimum absolute atomic E-state index is 0.00335. The third-order valence-electron chi connectivity index (χ3n) is 6.24. The molecule has 2 aromatic rings. The smallest absolute Gasteiger partial charge is 0.227 e. The molecule has 4 nitrogen and oxygen atoms in total. The minimum atomic E-state index is -0.306. The lowest BCUT2D eigenvalue weighted by Crippen LogP contribution is -2.46. The van der Waals surface area contributed by atoms with E-state index in [0.29, 0.717) is 19.0 Å². The molecule has 158 valence electrons. The van der Waals surface area contributed by atoms with E-state index in [-0.39, 0.29) is 36.0 Å². The summed E-state index contributed by atoms with van der Waals surface area (Å²) in [7, 11) is 0. The summed E-state index contributed by atoms with van der Waals surface area (Å²) in [5, 5.41) is 3.28. The van der Waals surface area contributed by atoms with Crippen LogP contribution in [0.3, 0.4) is 0 Å². The Hall–Kier alpha value is -2.69. The maximum absolute atomic E-state index is 13.1. The van der Waals surface area contributed by atoms with Crippen molar-refractivity contribution in [3.8, 4) is 0 Å². The van der Waals surface area contributed by atoms with Gasteiger partial charge < -0.3 is 10.2 Å². The highest BCUT2D eigenvalue weighted by Gasteiger charge is 2.36. The van der Waals surface area contributed by atoms with Gasteiger partial charge in [-0.05, 0) is 61.8 Å². The molecule has 1 heterocycles. The number of piperidine rings is 1. The van der Waals surface area contributed by atoms with E-state index >= 15 is 0 Å². The summed E-state index contributed by atoms with van der Waals surface area (Å²) < 4.78 is 13.1. The van der Waals surface area contributed by atoms with Crippen molar-refractivity contribution in [2.45, 2.75) is 45.1 Å². The van der Waals surface area contributed by atoms with Gasteiger partial charge in [0.2, 0.25) is 11.8 Å². The lowest BCUT2D eigenvalue weighted by Gasteiger charge is -2.33. The van der Waals surface area contributed by atoms with Crippen molar-refractivity contribution in [2.24, 2.45) is 11.8 Å². The molecular weight excluding hydrogens is 379 g/mol. The fraction of sp³-hybridized carbons (Fsp3) is 0.440. The molecule has 1 saturated carbocycles. The Morgan fingerprint density at radius 1 is 1.07 bits per heavy atom. The van der Waals surface area contributed by atoms with Crippen LogP contribution in [0.2, 0.25) is 0 Å². The van der Waals surface area contributed by atoms with Crippen molar-refractivity contribution in [2.75, 3.05) is 13.1 Å². The van der Waals surface area contributed by atoms with Crippen LogP contribution < -0.4 is 5.32 Å². The molecule has 2 unspecified atom stereocenters. The molecule has 5 heteroatoms. The number of nitrogens with zero attached hydrogens (tertiary/aromatic N) is 1. The number of hydrogen-bond donors (Lipinski definition) is 1. The third kappa shape index (κ3) is 5.07. The molecule has 2 aliphatic rings. The van der Waals surface area contributed by atoms with Crippen LogP contribution in [0.25, 0.3) is 0 Å². The third-order valence-corrected chi connectivity index (χ3v) is 6.24. The Balaban J connectivity index is 1.37. The van der Waals surface area contributed by atoms with Crippen LogP contribution in [0.15, 0.2) is 48.5 Å². The molecule has 1 N–H and O–H groups in total. The molecule has 2 aromatic carbocycles. The zero-order valence-corrected chi connectivity index (χ0v) is 17.4. The van der Waals surface area contributed by atoms with Gasteiger partial charge in [0.05, 0.1) is 18.4 Å². The lowest BCUT2D eigenvalue weighted by atomic mass is 9.94. The Kier molecular flexibility index (Phi) is 6.16. The van der Waals surface area contributed by atoms with Crippen LogP contribution >= 0.6 is 0 Å². The first-order valence-corrected chi connectivity index (χ1v) is 10.9. The van der Waals surface area contributed by atoms with Crippen LogP contribution in [0.1, 0.15) is 48.4 Å². The van der Waals surface area contributed by atoms with Crippen molar-refractivity contribution in [3.05, 3.63) is 71.0 Å². The summed E-state index contributed by atoms with van der Waals surface area (Å²) in [4.78, 5) is 27.6. The van der Waals surface area contributed by atoms with Crippen molar-refractivity contribution < 1.29 is 14.0 Å². The van der Waals surface area contributed by atoms with E-state index in [4.69, 9.17) is 0 Å². The van der Waals surface area contributed by atoms with E-state index in [1.165, 1.54) is 17.7 Å². The Morgan fingerprint density at radius 3 is 2.43 bits per heavy atom. The molecule has 30 heavy (non-hydrogen) atoms. The van der Waals surface area contributed by atoms with Gasteiger partial charge in [-0.2, -0.15) is 0 Å². The summed E-state index contributed by atoms with van der Waals surface area (Å²) >= 11 is 0. The van der Waals surface area contributed by atoms with E-state index in [1.54, 1.807) is 17.0 Å². The van der Waals surface area contributed by atoms with Crippen LogP contribution in [0.5, 0.6) is 0 Å². The number of carbonyl (C=O) groups excluding carboxylic acids is 2. The van der Waals surface area contributed by atoms with Crippen molar-refractivity contribution in [1.82, 2.24) is 10.2 Å². The molecule has 0 aromatic heterocycles. The predicted molar refractivity (Wildman–Crippen MR) is 114 cm³/mol. The largest absolute Gasteiger partial charge is 0.349 e. The number of amides is 2. The molecule has 1 saturated heterocycles. The van der Waals surface area contributed by atoms with Crippen LogP contribution in [-0.4, -0.2) is 29.8 Å². The molecule has 1 aliphatic carbocycles. The molecular formula is C25H29FN2O2. The second-order valence-corrected chi connectivity index (χ2v) is 8.72. The topological polar surface area (TPSA) is 49.4 Å². The number of benzene rings is 2. The molecule has 4 rings (SSSR count). The monoisotopic (exact) mass is 408 g/mol. The number of nitrogens with one attached hydrogen (secondary N) is 1. The van der Waals surface area contributed by atoms with E-state index < -0.39 is 0 Å². The lowest BCUT2D eigenvalue weighted by molar-refractivity contribution is -0.135. The summed E-state index contributed by atoms with van der Waals surface area (Å²) in [6.45, 7) is 3.19. The quantitative estimate of drug-likeness (QED) is 0.779. The molecule has 0 bridgehead atoms. The predicted octanol–water partition coefficient (Wildman–Crippen LogP) is 4.18. The Bertz CT molecular complexity index is 890. The van der Waals surface area contributed by atoms with Crippen molar-refractivity contribution >= 4 is 11.8 Å². The first kappa shape index (κ1) is 20.6. The van der Waals surface area contributed by atoms with E-state index in [1.807, 2.05) is 0 Å². The van der Waals surface area contributed by atoms with E-state index in [9.17, 15) is 14.0 Å². The maximum Gasteiger partial charge on any atom is 0.227 e. The molecule has 2 atom stereocenters. The van der Waals surface area contributed by atoms with Gasteiger partial charge in [0, 0.05) is 13.1 Å². The molecule has 0 radical (unpaired) electrons. The number of halogens is 1. The van der Waals surface area contributed by atoms with Crippen molar-refractivity contribution in [3.63, 3.8) is 0 Å². The fourth-order valence-electron chi connectivity index (χ4n) is 4.25. The van der Waals surface area contributed by atoms with Crippen LogP contribution in [0.4, 0.5) is 4.39 Å². The summed E-state index contributed by atoms with van der Waals surface area (Å²) in [6.07, 6.45) is 4.16. The Morgan fingerprint density at radius 2 is 1.77 bits per heavy atom. The number of carbonyl (C=O) groups is 2. The first-order chi connectivity index (χ1) is 14.5. The standard InChI is InChI=1S/C25H29FN2O2/c1-17-4-8-19(9-5-17)24(20-10-11-20)27-25(30)21-3-2-14-28(16-21)23(29)15-18-6-12-22(26)13-7-18/h4-9,12-13,20-21,24H,2-3,10-11,14-16H2,1H3,(H,27,30). The van der Waals surface area contributed by atoms with Gasteiger partial charge in [0.1, 0.15) is 5.82 Å². The Labute approximate surface area is 177 Å². The van der Waals surface area contributed by atoms with Crippen molar-refractivity contribution in [1.29, 1.82) is 0 Å². The van der Waals surface area contributed by atoms with Gasteiger partial charge in [0.25, 0.3) is 0 Å². The highest BCUT2D eigenvalue weighted by Crippen LogP contribution is 2.41. The summed E-state index contributed by atoms with van der Waals surface area (Å²) in [5.74, 6) is 0.0712. The maximum atomic E-state index is 13.1. The number of aryl methyl sites for hydroxylation is 1. The molecule has 2 amide bonds. The molecule has 0 spiro atoms. The molecule has 2 fully saturated rings. The van der Waals surface area contributed by atoms with Gasteiger partial charge in [-0.15, -0.1) is 0 Å². The van der Waals surface area contributed by atoms with E-state index in [0.717, 1.165) is 36.8 Å². The average Bonchev–Trinajstić information content (AvgIpc) is 3.59. The highest BCUT2D eigenvalue weighted by atomic mass is 19.1. The summed E-state index contributed by atoms with van der Waals surface area (Å²) in [5.41, 5.74) is 3.17. The van der Waals surface area contributed by atoms with Gasteiger partial charge in [0.15, 0.2) is 0 Å². The number of hydrogen-bond acceptors (Lipinski definition) is 2. The van der Waals surface area contributed by atoms with Gasteiger partial charge in [-0.3, -0.25) is 9.59 Å². The van der Waals surface area contributed by atoms with Gasteiger partial charge in [-0.25, -0.2) is 4.39 Å². The minimum Gasteiger partial charge on any atom is -0.349 e. The first-order valence-electron chi connectivity index (χ1n) is 10.9. The molecule has 1 aliphatic heterocycles. The summed E-state index contributed by atoms with van der Waals surface area (Å²) in [6, 6.07) is 14.5. The number of likely N-dealkylation sites (tertiary alicyclic amines) is 1. The number of rotatable bonds is 6. The van der Waals surface area contributed by atoms with Crippen LogP contribution in [0, 0.1) is 24.6 Å². The fourth-order valence-corrected chi connectivity index (χ4v) is 4.25. The second kappa shape index (κ2) is 8.99. The zero-order valence-electron chi connectivity index (χ0n) is 17.4. The second-order valence-electron chi connectivity index (χ2n) is 8.72. The van der Waals surface area contributed by atoms with Gasteiger partial charge >= 0.3 is 0 Å². The van der Waals surface area contributed by atoms with E-state index in [2.05, 4.69) is 36.5 Å². The normalized spacial score (nSPS) is 19.9.